The molecule has 0 fully saturated rings. The number of halogens is 2. The molecular weight excluding hydrogens is 277 g/mol. The molecule has 1 aromatic carbocycles. The van der Waals surface area contributed by atoms with E-state index in [1.165, 1.54) is 30.4 Å². The lowest BCUT2D eigenvalue weighted by atomic mass is 10.1. The van der Waals surface area contributed by atoms with Gasteiger partial charge in [-0.1, -0.05) is 0 Å². The predicted octanol–water partition coefficient (Wildman–Crippen LogP) is 2.90. The van der Waals surface area contributed by atoms with Gasteiger partial charge in [-0.15, -0.1) is 11.6 Å². The van der Waals surface area contributed by atoms with E-state index in [1.807, 2.05) is 0 Å². The summed E-state index contributed by atoms with van der Waals surface area (Å²) in [6.45, 7) is 5.08. The van der Waals surface area contributed by atoms with Gasteiger partial charge in [-0.2, -0.15) is 4.31 Å². The molecule has 0 amide bonds. The van der Waals surface area contributed by atoms with Crippen LogP contribution in [0, 0.1) is 12.7 Å². The third-order valence-corrected chi connectivity index (χ3v) is 5.15. The number of aryl methyl sites for hydroxylation is 1. The summed E-state index contributed by atoms with van der Waals surface area (Å²) in [7, 11) is -2.10. The highest BCUT2D eigenvalue weighted by atomic mass is 35.5. The van der Waals surface area contributed by atoms with Gasteiger partial charge in [0, 0.05) is 18.7 Å². The van der Waals surface area contributed by atoms with E-state index in [4.69, 9.17) is 11.6 Å². The molecular formula is C12H17ClFNO2S. The summed E-state index contributed by atoms with van der Waals surface area (Å²) < 4.78 is 39.4. The standard InChI is InChI=1S/C12H17ClFNO2S/c1-8(2)15(4)18(16,17)11-5-9(3)12(14)10(6-11)7-13/h5-6,8H,7H2,1-4H3. The molecule has 0 heterocycles. The molecule has 1 rings (SSSR count). The zero-order valence-corrected chi connectivity index (χ0v) is 12.4. The minimum atomic E-state index is -3.60. The highest BCUT2D eigenvalue weighted by Crippen LogP contribution is 2.23. The van der Waals surface area contributed by atoms with Crippen molar-refractivity contribution in [1.29, 1.82) is 0 Å². The molecule has 0 atom stereocenters. The monoisotopic (exact) mass is 293 g/mol. The molecule has 0 radical (unpaired) electrons. The van der Waals surface area contributed by atoms with Crippen molar-refractivity contribution in [1.82, 2.24) is 4.31 Å². The molecule has 3 nitrogen and oxygen atoms in total. The van der Waals surface area contributed by atoms with Crippen molar-refractivity contribution in [3.63, 3.8) is 0 Å². The van der Waals surface area contributed by atoms with Crippen molar-refractivity contribution in [2.45, 2.75) is 37.6 Å². The molecule has 0 aliphatic carbocycles. The summed E-state index contributed by atoms with van der Waals surface area (Å²) in [5.41, 5.74) is 0.483. The summed E-state index contributed by atoms with van der Waals surface area (Å²) >= 11 is 5.62. The Morgan fingerprint density at radius 3 is 2.39 bits per heavy atom. The molecule has 0 spiro atoms. The fraction of sp³-hybridized carbons (Fsp3) is 0.500. The quantitative estimate of drug-likeness (QED) is 0.801. The SMILES string of the molecule is Cc1cc(S(=O)(=O)N(C)C(C)C)cc(CCl)c1F. The van der Waals surface area contributed by atoms with Crippen LogP contribution in [0.3, 0.4) is 0 Å². The van der Waals surface area contributed by atoms with E-state index in [9.17, 15) is 12.8 Å². The van der Waals surface area contributed by atoms with Gasteiger partial charge in [0.25, 0.3) is 0 Å². The number of rotatable bonds is 4. The predicted molar refractivity (Wildman–Crippen MR) is 70.8 cm³/mol. The topological polar surface area (TPSA) is 37.4 Å². The first-order valence-corrected chi connectivity index (χ1v) is 7.52. The molecule has 0 N–H and O–H groups in total. The van der Waals surface area contributed by atoms with E-state index < -0.39 is 15.8 Å². The van der Waals surface area contributed by atoms with Crippen molar-refractivity contribution in [2.24, 2.45) is 0 Å². The number of hydrogen-bond donors (Lipinski definition) is 0. The highest BCUT2D eigenvalue weighted by Gasteiger charge is 2.24. The smallest absolute Gasteiger partial charge is 0.207 e. The van der Waals surface area contributed by atoms with Crippen molar-refractivity contribution in [3.05, 3.63) is 29.1 Å². The van der Waals surface area contributed by atoms with Crippen molar-refractivity contribution < 1.29 is 12.8 Å². The molecule has 0 aromatic heterocycles. The Morgan fingerprint density at radius 2 is 1.94 bits per heavy atom. The molecule has 0 saturated heterocycles. The fourth-order valence-corrected chi connectivity index (χ4v) is 3.20. The molecule has 18 heavy (non-hydrogen) atoms. The first-order chi connectivity index (χ1) is 8.21. The van der Waals surface area contributed by atoms with Crippen LogP contribution >= 0.6 is 11.6 Å². The number of sulfonamides is 1. The molecule has 0 unspecified atom stereocenters. The Balaban J connectivity index is 3.39. The molecule has 0 bridgehead atoms. The zero-order chi connectivity index (χ0) is 14.1. The maximum Gasteiger partial charge on any atom is 0.243 e. The largest absolute Gasteiger partial charge is 0.243 e. The van der Waals surface area contributed by atoms with Gasteiger partial charge in [0.2, 0.25) is 10.0 Å². The van der Waals surface area contributed by atoms with Crippen LogP contribution in [0.1, 0.15) is 25.0 Å². The Kier molecular flexibility index (Phi) is 4.75. The Morgan fingerprint density at radius 1 is 1.39 bits per heavy atom. The summed E-state index contributed by atoms with van der Waals surface area (Å²) in [6, 6.07) is 2.46. The second kappa shape index (κ2) is 5.55. The molecule has 0 aliphatic rings. The van der Waals surface area contributed by atoms with Gasteiger partial charge in [0.05, 0.1) is 10.8 Å². The van der Waals surface area contributed by atoms with Crippen molar-refractivity contribution in [3.8, 4) is 0 Å². The number of alkyl halides is 1. The summed E-state index contributed by atoms with van der Waals surface area (Å²) in [6.07, 6.45) is 0. The minimum Gasteiger partial charge on any atom is -0.207 e. The van der Waals surface area contributed by atoms with Gasteiger partial charge in [0.15, 0.2) is 0 Å². The second-order valence-corrected chi connectivity index (χ2v) is 6.73. The maximum absolute atomic E-state index is 13.6. The lowest BCUT2D eigenvalue weighted by molar-refractivity contribution is 0.410. The first kappa shape index (κ1) is 15.4. The van der Waals surface area contributed by atoms with Crippen LogP contribution in [0.5, 0.6) is 0 Å². The van der Waals surface area contributed by atoms with E-state index in [0.29, 0.717) is 0 Å². The van der Waals surface area contributed by atoms with Crippen LogP contribution in [0.15, 0.2) is 17.0 Å². The van der Waals surface area contributed by atoms with Gasteiger partial charge in [-0.05, 0) is 38.5 Å². The number of nitrogens with zero attached hydrogens (tertiary/aromatic N) is 1. The van der Waals surface area contributed by atoms with Gasteiger partial charge in [-0.3, -0.25) is 0 Å². The van der Waals surface area contributed by atoms with Crippen LogP contribution in [-0.2, 0) is 15.9 Å². The summed E-state index contributed by atoms with van der Waals surface area (Å²) in [5, 5.41) is 0. The van der Waals surface area contributed by atoms with E-state index in [0.717, 1.165) is 0 Å². The second-order valence-electron chi connectivity index (χ2n) is 4.46. The lowest BCUT2D eigenvalue weighted by Gasteiger charge is -2.21. The molecule has 6 heteroatoms. The third kappa shape index (κ3) is 2.84. The normalized spacial score (nSPS) is 12.4. The van der Waals surface area contributed by atoms with Crippen LogP contribution in [-0.4, -0.2) is 25.8 Å². The maximum atomic E-state index is 13.6. The molecule has 0 aliphatic heterocycles. The van der Waals surface area contributed by atoms with Crippen LogP contribution < -0.4 is 0 Å². The van der Waals surface area contributed by atoms with Gasteiger partial charge < -0.3 is 0 Å². The summed E-state index contributed by atoms with van der Waals surface area (Å²) in [5.74, 6) is -0.502. The van der Waals surface area contributed by atoms with E-state index in [1.54, 1.807) is 13.8 Å². The van der Waals surface area contributed by atoms with Crippen LogP contribution in [0.25, 0.3) is 0 Å². The average Bonchev–Trinajstić information content (AvgIpc) is 2.30. The van der Waals surface area contributed by atoms with E-state index in [-0.39, 0.29) is 27.9 Å². The van der Waals surface area contributed by atoms with Gasteiger partial charge in [-0.25, -0.2) is 12.8 Å². The van der Waals surface area contributed by atoms with Crippen LogP contribution in [0.2, 0.25) is 0 Å². The van der Waals surface area contributed by atoms with Crippen molar-refractivity contribution >= 4 is 21.6 Å². The third-order valence-electron chi connectivity index (χ3n) is 2.85. The molecule has 1 aromatic rings. The van der Waals surface area contributed by atoms with Gasteiger partial charge >= 0.3 is 0 Å². The molecule has 102 valence electrons. The Bertz CT molecular complexity index is 543. The van der Waals surface area contributed by atoms with E-state index in [2.05, 4.69) is 0 Å². The fourth-order valence-electron chi connectivity index (χ4n) is 1.50. The first-order valence-electron chi connectivity index (χ1n) is 5.54. The number of hydrogen-bond acceptors (Lipinski definition) is 2. The zero-order valence-electron chi connectivity index (χ0n) is 10.9. The minimum absolute atomic E-state index is 0.0541. The highest BCUT2D eigenvalue weighted by molar-refractivity contribution is 7.89. The van der Waals surface area contributed by atoms with Crippen molar-refractivity contribution in [2.75, 3.05) is 7.05 Å². The summed E-state index contributed by atoms with van der Waals surface area (Å²) in [4.78, 5) is 0.0771. The van der Waals surface area contributed by atoms with Gasteiger partial charge in [0.1, 0.15) is 5.82 Å². The van der Waals surface area contributed by atoms with Crippen LogP contribution in [0.4, 0.5) is 4.39 Å². The lowest BCUT2D eigenvalue weighted by Crippen LogP contribution is -2.33. The number of benzene rings is 1. The average molecular weight is 294 g/mol. The molecule has 0 saturated carbocycles. The Labute approximate surface area is 113 Å². The van der Waals surface area contributed by atoms with E-state index >= 15 is 0 Å². The Hall–Kier alpha value is -0.650.